The van der Waals surface area contributed by atoms with E-state index in [2.05, 4.69) is 9.44 Å². The number of carbonyl (C=O) groups excluding carboxylic acids is 1. The molecule has 0 unspecified atom stereocenters. The standard InChI is InChI=1S/C19H28N2O4S/c1-25-18-12-11-15(19(22)14-7-3-2-4-8-14)13-17(18)21-26(23,24)20-16-9-5-6-10-16/h11-14,16,20-21H,2-10H2,1H3. The molecule has 1 aromatic carbocycles. The number of carbonyl (C=O) groups is 1. The third-order valence-electron chi connectivity index (χ3n) is 5.38. The van der Waals surface area contributed by atoms with Crippen LogP contribution in [0.2, 0.25) is 0 Å². The Balaban J connectivity index is 1.77. The van der Waals surface area contributed by atoms with E-state index in [4.69, 9.17) is 4.74 Å². The van der Waals surface area contributed by atoms with E-state index in [0.29, 0.717) is 17.0 Å². The lowest BCUT2D eigenvalue weighted by atomic mass is 9.84. The van der Waals surface area contributed by atoms with E-state index < -0.39 is 10.2 Å². The molecule has 0 radical (unpaired) electrons. The number of benzene rings is 1. The summed E-state index contributed by atoms with van der Waals surface area (Å²) in [5.41, 5.74) is 0.843. The predicted octanol–water partition coefficient (Wildman–Crippen LogP) is 3.65. The second-order valence-corrected chi connectivity index (χ2v) is 8.77. The summed E-state index contributed by atoms with van der Waals surface area (Å²) in [5.74, 6) is 0.539. The summed E-state index contributed by atoms with van der Waals surface area (Å²) in [6.45, 7) is 0. The number of hydrogen-bond acceptors (Lipinski definition) is 4. The van der Waals surface area contributed by atoms with Crippen molar-refractivity contribution >= 4 is 21.7 Å². The minimum absolute atomic E-state index is 0.0226. The molecule has 0 amide bonds. The summed E-state index contributed by atoms with van der Waals surface area (Å²) in [6, 6.07) is 4.95. The number of nitrogens with one attached hydrogen (secondary N) is 2. The third-order valence-corrected chi connectivity index (χ3v) is 6.51. The average molecular weight is 381 g/mol. The third kappa shape index (κ3) is 4.76. The largest absolute Gasteiger partial charge is 0.495 e. The van der Waals surface area contributed by atoms with Crippen LogP contribution in [0.5, 0.6) is 5.75 Å². The highest BCUT2D eigenvalue weighted by Crippen LogP contribution is 2.31. The molecule has 0 spiro atoms. The summed E-state index contributed by atoms with van der Waals surface area (Å²) >= 11 is 0. The summed E-state index contributed by atoms with van der Waals surface area (Å²) in [4.78, 5) is 12.8. The van der Waals surface area contributed by atoms with Crippen molar-refractivity contribution in [3.63, 3.8) is 0 Å². The van der Waals surface area contributed by atoms with Gasteiger partial charge in [0.05, 0.1) is 12.8 Å². The van der Waals surface area contributed by atoms with Gasteiger partial charge in [-0.25, -0.2) is 0 Å². The first-order chi connectivity index (χ1) is 12.5. The van der Waals surface area contributed by atoms with Gasteiger partial charge in [-0.1, -0.05) is 32.1 Å². The number of methoxy groups -OCH3 is 1. The van der Waals surface area contributed by atoms with Gasteiger partial charge < -0.3 is 4.74 Å². The van der Waals surface area contributed by atoms with E-state index in [1.165, 1.54) is 13.5 Å². The molecule has 2 N–H and O–H groups in total. The highest BCUT2D eigenvalue weighted by Gasteiger charge is 2.25. The van der Waals surface area contributed by atoms with Crippen LogP contribution in [0, 0.1) is 5.92 Å². The molecule has 0 bridgehead atoms. The quantitative estimate of drug-likeness (QED) is 0.707. The summed E-state index contributed by atoms with van der Waals surface area (Å²) in [6.07, 6.45) is 8.98. The lowest BCUT2D eigenvalue weighted by molar-refractivity contribution is 0.0889. The fourth-order valence-electron chi connectivity index (χ4n) is 3.98. The zero-order valence-corrected chi connectivity index (χ0v) is 16.1. The molecule has 1 aromatic rings. The number of anilines is 1. The molecule has 3 rings (SSSR count). The number of Topliss-reactive ketones (excluding diaryl/α,β-unsaturated/α-hetero) is 1. The van der Waals surface area contributed by atoms with Crippen LogP contribution in [-0.4, -0.2) is 27.4 Å². The first kappa shape index (κ1) is 19.2. The van der Waals surface area contributed by atoms with E-state index in [-0.39, 0.29) is 17.7 Å². The molecule has 2 aliphatic rings. The summed E-state index contributed by atoms with van der Waals surface area (Å²) in [5, 5.41) is 0. The second-order valence-electron chi connectivity index (χ2n) is 7.32. The molecule has 0 saturated heterocycles. The van der Waals surface area contributed by atoms with E-state index in [0.717, 1.165) is 51.4 Å². The van der Waals surface area contributed by atoms with Gasteiger partial charge in [-0.3, -0.25) is 9.52 Å². The molecule has 7 heteroatoms. The van der Waals surface area contributed by atoms with Gasteiger partial charge in [0, 0.05) is 17.5 Å². The van der Waals surface area contributed by atoms with Crippen LogP contribution in [0.4, 0.5) is 5.69 Å². The van der Waals surface area contributed by atoms with Crippen molar-refractivity contribution in [2.75, 3.05) is 11.8 Å². The van der Waals surface area contributed by atoms with E-state index >= 15 is 0 Å². The number of rotatable bonds is 7. The molecule has 0 atom stereocenters. The molecular formula is C19H28N2O4S. The SMILES string of the molecule is COc1ccc(C(=O)C2CCCCC2)cc1NS(=O)(=O)NC1CCCC1. The Kier molecular flexibility index (Phi) is 6.19. The molecule has 6 nitrogen and oxygen atoms in total. The molecular weight excluding hydrogens is 352 g/mol. The van der Waals surface area contributed by atoms with Gasteiger partial charge in [0.25, 0.3) is 10.2 Å². The Morgan fingerprint density at radius 1 is 1.04 bits per heavy atom. The first-order valence-electron chi connectivity index (χ1n) is 9.51. The van der Waals surface area contributed by atoms with E-state index in [1.807, 2.05) is 0 Å². The highest BCUT2D eigenvalue weighted by atomic mass is 32.2. The maximum atomic E-state index is 12.8. The topological polar surface area (TPSA) is 84.5 Å². The van der Waals surface area contributed by atoms with Crippen molar-refractivity contribution in [2.24, 2.45) is 5.92 Å². The lowest BCUT2D eigenvalue weighted by Gasteiger charge is -2.21. The van der Waals surface area contributed by atoms with Crippen molar-refractivity contribution < 1.29 is 17.9 Å². The molecule has 0 aromatic heterocycles. The van der Waals surface area contributed by atoms with Gasteiger partial charge in [-0.15, -0.1) is 0 Å². The zero-order valence-electron chi connectivity index (χ0n) is 15.3. The molecule has 2 aliphatic carbocycles. The fourth-order valence-corrected chi connectivity index (χ4v) is 5.16. The van der Waals surface area contributed by atoms with Gasteiger partial charge in [0.2, 0.25) is 0 Å². The number of ether oxygens (including phenoxy) is 1. The highest BCUT2D eigenvalue weighted by molar-refractivity contribution is 7.90. The molecule has 2 fully saturated rings. The summed E-state index contributed by atoms with van der Waals surface area (Å²) in [7, 11) is -2.22. The molecule has 0 aliphatic heterocycles. The summed E-state index contributed by atoms with van der Waals surface area (Å²) < 4.78 is 35.4. The van der Waals surface area contributed by atoms with Crippen LogP contribution in [0.15, 0.2) is 18.2 Å². The Labute approximate surface area is 155 Å². The van der Waals surface area contributed by atoms with Crippen LogP contribution in [-0.2, 0) is 10.2 Å². The van der Waals surface area contributed by atoms with Gasteiger partial charge >= 0.3 is 0 Å². The fraction of sp³-hybridized carbons (Fsp3) is 0.632. The van der Waals surface area contributed by atoms with Crippen LogP contribution >= 0.6 is 0 Å². The molecule has 144 valence electrons. The predicted molar refractivity (Wildman–Crippen MR) is 102 cm³/mol. The minimum Gasteiger partial charge on any atom is -0.495 e. The van der Waals surface area contributed by atoms with Crippen molar-refractivity contribution in [3.8, 4) is 5.75 Å². The van der Waals surface area contributed by atoms with Gasteiger partial charge in [0.15, 0.2) is 5.78 Å². The monoisotopic (exact) mass is 380 g/mol. The zero-order chi connectivity index (χ0) is 18.6. The van der Waals surface area contributed by atoms with Crippen molar-refractivity contribution in [1.29, 1.82) is 0 Å². The van der Waals surface area contributed by atoms with Gasteiger partial charge in [0.1, 0.15) is 5.75 Å². The van der Waals surface area contributed by atoms with Crippen molar-refractivity contribution in [1.82, 2.24) is 4.72 Å². The number of hydrogen-bond donors (Lipinski definition) is 2. The first-order valence-corrected chi connectivity index (χ1v) is 11.0. The second kappa shape index (κ2) is 8.39. The smallest absolute Gasteiger partial charge is 0.299 e. The Morgan fingerprint density at radius 2 is 1.69 bits per heavy atom. The average Bonchev–Trinajstić information content (AvgIpc) is 3.13. The van der Waals surface area contributed by atoms with Crippen molar-refractivity contribution in [3.05, 3.63) is 23.8 Å². The van der Waals surface area contributed by atoms with Crippen LogP contribution < -0.4 is 14.2 Å². The van der Waals surface area contributed by atoms with Crippen molar-refractivity contribution in [2.45, 2.75) is 63.8 Å². The van der Waals surface area contributed by atoms with E-state index in [9.17, 15) is 13.2 Å². The Morgan fingerprint density at radius 3 is 2.35 bits per heavy atom. The van der Waals surface area contributed by atoms with Crippen LogP contribution in [0.25, 0.3) is 0 Å². The molecule has 2 saturated carbocycles. The Hall–Kier alpha value is -1.60. The van der Waals surface area contributed by atoms with E-state index in [1.54, 1.807) is 18.2 Å². The Bertz CT molecular complexity index is 736. The van der Waals surface area contributed by atoms with Crippen LogP contribution in [0.1, 0.15) is 68.1 Å². The van der Waals surface area contributed by atoms with Gasteiger partial charge in [-0.05, 0) is 43.9 Å². The number of ketones is 1. The normalized spacial score (nSPS) is 19.4. The van der Waals surface area contributed by atoms with Crippen LogP contribution in [0.3, 0.4) is 0 Å². The maximum Gasteiger partial charge on any atom is 0.299 e. The molecule has 26 heavy (non-hydrogen) atoms. The molecule has 0 heterocycles. The lowest BCUT2D eigenvalue weighted by Crippen LogP contribution is -2.37. The van der Waals surface area contributed by atoms with Gasteiger partial charge in [-0.2, -0.15) is 13.1 Å². The maximum absolute atomic E-state index is 12.8. The minimum atomic E-state index is -3.71.